The molecule has 0 saturated heterocycles. The summed E-state index contributed by atoms with van der Waals surface area (Å²) in [5.41, 5.74) is 1.74. The molecule has 0 aliphatic carbocycles. The van der Waals surface area contributed by atoms with Crippen molar-refractivity contribution in [2.75, 3.05) is 5.43 Å². The topological polar surface area (TPSA) is 116 Å². The number of hydrogen-bond acceptors (Lipinski definition) is 7. The number of nitro groups is 1. The normalized spacial score (nSPS) is 10.2. The van der Waals surface area contributed by atoms with Crippen molar-refractivity contribution in [1.29, 1.82) is 0 Å². The fraction of sp³-hybridized carbons (Fsp3) is 0. The summed E-state index contributed by atoms with van der Waals surface area (Å²) >= 11 is 11.7. The summed E-state index contributed by atoms with van der Waals surface area (Å²) in [5, 5.41) is 11.5. The Labute approximate surface area is 122 Å². The molecule has 1 heterocycles. The monoisotopic (exact) mass is 315 g/mol. The SMILES string of the molecule is NNc1ncc([N+](=O)[O-])c(Oc2ccc(Cl)cc2Cl)n1. The molecule has 2 rings (SSSR count). The lowest BCUT2D eigenvalue weighted by Crippen LogP contribution is -2.11. The maximum Gasteiger partial charge on any atom is 0.349 e. The van der Waals surface area contributed by atoms with Crippen molar-refractivity contribution in [3.8, 4) is 11.6 Å². The number of aromatic nitrogens is 2. The Morgan fingerprint density at radius 2 is 2.15 bits per heavy atom. The van der Waals surface area contributed by atoms with Gasteiger partial charge in [-0.05, 0) is 18.2 Å². The van der Waals surface area contributed by atoms with Crippen molar-refractivity contribution in [3.05, 3.63) is 44.6 Å². The van der Waals surface area contributed by atoms with Crippen LogP contribution in [0.4, 0.5) is 11.6 Å². The van der Waals surface area contributed by atoms with E-state index in [1.165, 1.54) is 18.2 Å². The van der Waals surface area contributed by atoms with E-state index >= 15 is 0 Å². The second-order valence-electron chi connectivity index (χ2n) is 3.46. The van der Waals surface area contributed by atoms with Crippen LogP contribution in [0.15, 0.2) is 24.4 Å². The maximum absolute atomic E-state index is 10.9. The zero-order chi connectivity index (χ0) is 14.7. The predicted molar refractivity (Wildman–Crippen MR) is 73.0 cm³/mol. The lowest BCUT2D eigenvalue weighted by molar-refractivity contribution is -0.386. The first kappa shape index (κ1) is 14.3. The van der Waals surface area contributed by atoms with E-state index in [1.807, 2.05) is 0 Å². The van der Waals surface area contributed by atoms with Crippen LogP contribution in [0.2, 0.25) is 10.0 Å². The third-order valence-corrected chi connectivity index (χ3v) is 2.69. The highest BCUT2D eigenvalue weighted by Crippen LogP contribution is 2.34. The van der Waals surface area contributed by atoms with Gasteiger partial charge in [-0.25, -0.2) is 10.8 Å². The second kappa shape index (κ2) is 5.87. The van der Waals surface area contributed by atoms with E-state index in [0.717, 1.165) is 6.20 Å². The Balaban J connectivity index is 2.43. The van der Waals surface area contributed by atoms with E-state index in [1.54, 1.807) is 0 Å². The summed E-state index contributed by atoms with van der Waals surface area (Å²) in [5.74, 6) is 4.99. The molecular formula is C10H7Cl2N5O3. The molecule has 0 saturated carbocycles. The van der Waals surface area contributed by atoms with Crippen LogP contribution in [0.3, 0.4) is 0 Å². The van der Waals surface area contributed by atoms with Crippen LogP contribution in [-0.4, -0.2) is 14.9 Å². The van der Waals surface area contributed by atoms with Gasteiger partial charge >= 0.3 is 11.6 Å². The largest absolute Gasteiger partial charge is 0.432 e. The van der Waals surface area contributed by atoms with E-state index in [9.17, 15) is 10.1 Å². The van der Waals surface area contributed by atoms with Crippen molar-refractivity contribution in [3.63, 3.8) is 0 Å². The molecule has 1 aromatic heterocycles. The molecule has 0 aliphatic rings. The van der Waals surface area contributed by atoms with Gasteiger partial charge < -0.3 is 4.74 Å². The standard InChI is InChI=1S/C10H7Cl2N5O3/c11-5-1-2-8(6(12)3-5)20-9-7(17(18)19)4-14-10(15-9)16-13/h1-4H,13H2,(H,14,15,16). The molecule has 104 valence electrons. The molecule has 2 aromatic rings. The van der Waals surface area contributed by atoms with E-state index in [4.69, 9.17) is 33.8 Å². The molecule has 3 N–H and O–H groups in total. The van der Waals surface area contributed by atoms with Gasteiger partial charge in [0.15, 0.2) is 0 Å². The minimum absolute atomic E-state index is 0.0318. The number of benzene rings is 1. The average Bonchev–Trinajstić information content (AvgIpc) is 2.41. The summed E-state index contributed by atoms with van der Waals surface area (Å²) in [4.78, 5) is 17.6. The minimum atomic E-state index is -0.681. The van der Waals surface area contributed by atoms with Gasteiger partial charge in [0.1, 0.15) is 11.9 Å². The number of nitrogen functional groups attached to an aromatic ring is 1. The smallest absolute Gasteiger partial charge is 0.349 e. The van der Waals surface area contributed by atoms with Gasteiger partial charge in [0.2, 0.25) is 5.95 Å². The Morgan fingerprint density at radius 1 is 1.40 bits per heavy atom. The highest BCUT2D eigenvalue weighted by molar-refractivity contribution is 6.35. The Bertz CT molecular complexity index is 667. The molecule has 0 aliphatic heterocycles. The third kappa shape index (κ3) is 3.05. The Hall–Kier alpha value is -2.16. The predicted octanol–water partition coefficient (Wildman–Crippen LogP) is 2.77. The number of nitrogens with two attached hydrogens (primary N) is 1. The van der Waals surface area contributed by atoms with Gasteiger partial charge in [-0.3, -0.25) is 15.5 Å². The summed E-state index contributed by atoms with van der Waals surface area (Å²) in [7, 11) is 0. The average molecular weight is 316 g/mol. The summed E-state index contributed by atoms with van der Waals surface area (Å²) in [6.07, 6.45) is 0.974. The van der Waals surface area contributed by atoms with Crippen molar-refractivity contribution in [2.24, 2.45) is 5.84 Å². The van der Waals surface area contributed by atoms with Crippen molar-refractivity contribution < 1.29 is 9.66 Å². The number of halogens is 2. The zero-order valence-corrected chi connectivity index (χ0v) is 11.2. The first-order valence-electron chi connectivity index (χ1n) is 5.12. The van der Waals surface area contributed by atoms with Crippen LogP contribution in [-0.2, 0) is 0 Å². The Morgan fingerprint density at radius 3 is 2.75 bits per heavy atom. The van der Waals surface area contributed by atoms with E-state index in [2.05, 4.69) is 15.4 Å². The molecule has 0 bridgehead atoms. The zero-order valence-electron chi connectivity index (χ0n) is 9.71. The molecule has 20 heavy (non-hydrogen) atoms. The van der Waals surface area contributed by atoms with Gasteiger partial charge in [-0.2, -0.15) is 4.98 Å². The molecule has 0 spiro atoms. The number of nitrogens with one attached hydrogen (secondary N) is 1. The van der Waals surface area contributed by atoms with Gasteiger partial charge in [0.25, 0.3) is 0 Å². The summed E-state index contributed by atoms with van der Waals surface area (Å²) in [6.45, 7) is 0. The van der Waals surface area contributed by atoms with Crippen molar-refractivity contribution in [1.82, 2.24) is 9.97 Å². The fourth-order valence-electron chi connectivity index (χ4n) is 1.29. The number of ether oxygens (including phenoxy) is 1. The quantitative estimate of drug-likeness (QED) is 0.506. The summed E-state index contributed by atoms with van der Waals surface area (Å²) < 4.78 is 5.32. The lowest BCUT2D eigenvalue weighted by Gasteiger charge is -2.08. The number of rotatable bonds is 4. The molecule has 0 radical (unpaired) electrons. The van der Waals surface area contributed by atoms with Gasteiger partial charge in [0, 0.05) is 5.02 Å². The van der Waals surface area contributed by atoms with Gasteiger partial charge in [-0.1, -0.05) is 23.2 Å². The number of hydrazine groups is 1. The van der Waals surface area contributed by atoms with E-state index in [-0.39, 0.29) is 22.6 Å². The van der Waals surface area contributed by atoms with Crippen LogP contribution in [0, 0.1) is 10.1 Å². The first-order chi connectivity index (χ1) is 9.51. The molecule has 10 heteroatoms. The molecule has 0 atom stereocenters. The maximum atomic E-state index is 10.9. The lowest BCUT2D eigenvalue weighted by atomic mass is 10.3. The van der Waals surface area contributed by atoms with Crippen LogP contribution < -0.4 is 16.0 Å². The second-order valence-corrected chi connectivity index (χ2v) is 4.31. The number of hydrogen-bond donors (Lipinski definition) is 2. The minimum Gasteiger partial charge on any atom is -0.432 e. The highest BCUT2D eigenvalue weighted by atomic mass is 35.5. The Kier molecular flexibility index (Phi) is 4.18. The van der Waals surface area contributed by atoms with E-state index in [0.29, 0.717) is 5.02 Å². The van der Waals surface area contributed by atoms with Crippen LogP contribution in [0.25, 0.3) is 0 Å². The fourth-order valence-corrected chi connectivity index (χ4v) is 1.74. The first-order valence-corrected chi connectivity index (χ1v) is 5.88. The molecule has 0 fully saturated rings. The third-order valence-electron chi connectivity index (χ3n) is 2.16. The summed E-state index contributed by atoms with van der Waals surface area (Å²) in [6, 6.07) is 4.43. The molecular weight excluding hydrogens is 309 g/mol. The molecule has 8 nitrogen and oxygen atoms in total. The molecule has 1 aromatic carbocycles. The highest BCUT2D eigenvalue weighted by Gasteiger charge is 2.20. The number of nitrogens with zero attached hydrogens (tertiary/aromatic N) is 3. The van der Waals surface area contributed by atoms with E-state index < -0.39 is 10.6 Å². The molecule has 0 unspecified atom stereocenters. The van der Waals surface area contributed by atoms with Crippen molar-refractivity contribution in [2.45, 2.75) is 0 Å². The van der Waals surface area contributed by atoms with Gasteiger partial charge in [0.05, 0.1) is 9.95 Å². The van der Waals surface area contributed by atoms with Crippen molar-refractivity contribution >= 4 is 34.8 Å². The number of anilines is 1. The molecule has 0 amide bonds. The van der Waals surface area contributed by atoms with Gasteiger partial charge in [-0.15, -0.1) is 0 Å². The van der Waals surface area contributed by atoms with Crippen LogP contribution in [0.5, 0.6) is 11.6 Å². The van der Waals surface area contributed by atoms with Crippen LogP contribution >= 0.6 is 23.2 Å². The van der Waals surface area contributed by atoms with Crippen LogP contribution in [0.1, 0.15) is 0 Å².